The first kappa shape index (κ1) is 17.1. The molecule has 0 atom stereocenters. The molecular weight excluding hydrogens is 353 g/mol. The Morgan fingerprint density at radius 3 is 2.48 bits per heavy atom. The van der Waals surface area contributed by atoms with Gasteiger partial charge in [-0.15, -0.1) is 0 Å². The van der Waals surface area contributed by atoms with E-state index in [0.717, 1.165) is 0 Å². The molecule has 2 amide bonds. The molecule has 2 aromatic carbocycles. The van der Waals surface area contributed by atoms with Gasteiger partial charge in [-0.3, -0.25) is 9.59 Å². The molecule has 1 saturated heterocycles. The first-order valence-electron chi connectivity index (χ1n) is 8.61. The summed E-state index contributed by atoms with van der Waals surface area (Å²) in [4.78, 5) is 28.0. The summed E-state index contributed by atoms with van der Waals surface area (Å²) in [5.74, 6) is -0.491. The van der Waals surface area contributed by atoms with E-state index in [2.05, 4.69) is 5.32 Å². The smallest absolute Gasteiger partial charge is 0.313 e. The van der Waals surface area contributed by atoms with Crippen molar-refractivity contribution in [3.05, 3.63) is 48.3 Å². The van der Waals surface area contributed by atoms with Crippen molar-refractivity contribution in [2.24, 2.45) is 0 Å². The van der Waals surface area contributed by atoms with Crippen molar-refractivity contribution in [1.29, 1.82) is 0 Å². The Bertz CT molecular complexity index is 881. The Kier molecular flexibility index (Phi) is 4.53. The second-order valence-corrected chi connectivity index (χ2v) is 6.25. The minimum absolute atomic E-state index is 0.137. The number of benzene rings is 2. The SMILES string of the molecule is O=C(Nc1ccc2c(c1)OCO2)C(=O)N1CCN(c2ccccc2F)CC1. The Morgan fingerprint density at radius 2 is 1.70 bits per heavy atom. The summed E-state index contributed by atoms with van der Waals surface area (Å²) in [6.07, 6.45) is 0. The topological polar surface area (TPSA) is 71.1 Å². The van der Waals surface area contributed by atoms with E-state index in [1.165, 1.54) is 11.0 Å². The number of fused-ring (bicyclic) bond motifs is 1. The number of piperazine rings is 1. The summed E-state index contributed by atoms with van der Waals surface area (Å²) >= 11 is 0. The lowest BCUT2D eigenvalue weighted by Crippen LogP contribution is -2.51. The molecule has 1 N–H and O–H groups in total. The number of para-hydroxylation sites is 1. The van der Waals surface area contributed by atoms with Crippen LogP contribution >= 0.6 is 0 Å². The van der Waals surface area contributed by atoms with Gasteiger partial charge in [-0.1, -0.05) is 12.1 Å². The van der Waals surface area contributed by atoms with Gasteiger partial charge in [0.25, 0.3) is 0 Å². The Labute approximate surface area is 155 Å². The Morgan fingerprint density at radius 1 is 0.963 bits per heavy atom. The van der Waals surface area contributed by atoms with E-state index in [1.54, 1.807) is 36.4 Å². The number of carbonyl (C=O) groups excluding carboxylic acids is 2. The van der Waals surface area contributed by atoms with Gasteiger partial charge in [0.05, 0.1) is 5.69 Å². The van der Waals surface area contributed by atoms with E-state index in [4.69, 9.17) is 9.47 Å². The van der Waals surface area contributed by atoms with E-state index in [-0.39, 0.29) is 12.6 Å². The highest BCUT2D eigenvalue weighted by Gasteiger charge is 2.27. The van der Waals surface area contributed by atoms with Gasteiger partial charge in [0.1, 0.15) is 5.82 Å². The van der Waals surface area contributed by atoms with Crippen LogP contribution in [0.2, 0.25) is 0 Å². The van der Waals surface area contributed by atoms with Crippen LogP contribution in [-0.2, 0) is 9.59 Å². The first-order chi connectivity index (χ1) is 13.1. The summed E-state index contributed by atoms with van der Waals surface area (Å²) in [6.45, 7) is 1.76. The number of nitrogens with zero attached hydrogens (tertiary/aromatic N) is 2. The predicted molar refractivity (Wildman–Crippen MR) is 96.4 cm³/mol. The number of amides is 2. The zero-order chi connectivity index (χ0) is 18.8. The average Bonchev–Trinajstić information content (AvgIpc) is 3.16. The van der Waals surface area contributed by atoms with Gasteiger partial charge in [0.2, 0.25) is 6.79 Å². The van der Waals surface area contributed by atoms with Crippen molar-refractivity contribution in [2.45, 2.75) is 0 Å². The third-order valence-electron chi connectivity index (χ3n) is 4.58. The molecule has 140 valence electrons. The molecule has 0 radical (unpaired) electrons. The number of anilines is 2. The second kappa shape index (κ2) is 7.14. The van der Waals surface area contributed by atoms with Gasteiger partial charge >= 0.3 is 11.8 Å². The number of carbonyl (C=O) groups is 2. The number of ether oxygens (including phenoxy) is 2. The van der Waals surface area contributed by atoms with Gasteiger partial charge in [-0.05, 0) is 24.3 Å². The van der Waals surface area contributed by atoms with Crippen LogP contribution in [0.25, 0.3) is 0 Å². The Balaban J connectivity index is 1.35. The molecule has 0 aromatic heterocycles. The lowest BCUT2D eigenvalue weighted by Gasteiger charge is -2.35. The fourth-order valence-electron chi connectivity index (χ4n) is 3.16. The molecule has 0 saturated carbocycles. The van der Waals surface area contributed by atoms with Crippen molar-refractivity contribution in [3.8, 4) is 11.5 Å². The molecular formula is C19H18FN3O4. The normalized spacial score (nSPS) is 15.6. The second-order valence-electron chi connectivity index (χ2n) is 6.25. The van der Waals surface area contributed by atoms with Gasteiger partial charge in [-0.2, -0.15) is 0 Å². The van der Waals surface area contributed by atoms with E-state index >= 15 is 0 Å². The summed E-state index contributed by atoms with van der Waals surface area (Å²) in [5, 5.41) is 2.58. The lowest BCUT2D eigenvalue weighted by atomic mass is 10.2. The molecule has 2 aliphatic rings. The maximum Gasteiger partial charge on any atom is 0.313 e. The molecule has 27 heavy (non-hydrogen) atoms. The van der Waals surface area contributed by atoms with Gasteiger partial charge < -0.3 is 24.6 Å². The highest BCUT2D eigenvalue weighted by molar-refractivity contribution is 6.39. The third kappa shape index (κ3) is 3.51. The van der Waals surface area contributed by atoms with Crippen molar-refractivity contribution in [3.63, 3.8) is 0 Å². The highest BCUT2D eigenvalue weighted by Crippen LogP contribution is 2.34. The van der Waals surface area contributed by atoms with E-state index < -0.39 is 11.8 Å². The average molecular weight is 371 g/mol. The fourth-order valence-corrected chi connectivity index (χ4v) is 3.16. The molecule has 0 aliphatic carbocycles. The van der Waals surface area contributed by atoms with Crippen LogP contribution in [0.1, 0.15) is 0 Å². The standard InChI is InChI=1S/C19H18FN3O4/c20-14-3-1-2-4-15(14)22-7-9-23(10-8-22)19(25)18(24)21-13-5-6-16-17(11-13)27-12-26-16/h1-6,11H,7-10,12H2,(H,21,24). The zero-order valence-corrected chi connectivity index (χ0v) is 14.5. The summed E-state index contributed by atoms with van der Waals surface area (Å²) < 4.78 is 24.4. The molecule has 0 unspecified atom stereocenters. The number of hydrogen-bond acceptors (Lipinski definition) is 5. The van der Waals surface area contributed by atoms with Crippen LogP contribution in [0.5, 0.6) is 11.5 Å². The van der Waals surface area contributed by atoms with E-state index in [0.29, 0.717) is 49.1 Å². The lowest BCUT2D eigenvalue weighted by molar-refractivity contribution is -0.143. The van der Waals surface area contributed by atoms with Crippen molar-refractivity contribution in [2.75, 3.05) is 43.2 Å². The van der Waals surface area contributed by atoms with Gasteiger partial charge in [0, 0.05) is 37.9 Å². The highest BCUT2D eigenvalue weighted by atomic mass is 19.1. The third-order valence-corrected chi connectivity index (χ3v) is 4.58. The number of nitrogens with one attached hydrogen (secondary N) is 1. The number of rotatable bonds is 2. The zero-order valence-electron chi connectivity index (χ0n) is 14.5. The van der Waals surface area contributed by atoms with Gasteiger partial charge in [-0.25, -0.2) is 4.39 Å². The molecule has 0 spiro atoms. The number of hydrogen-bond donors (Lipinski definition) is 1. The molecule has 8 heteroatoms. The Hall–Kier alpha value is -3.29. The van der Waals surface area contributed by atoms with Gasteiger partial charge in [0.15, 0.2) is 11.5 Å². The summed E-state index contributed by atoms with van der Waals surface area (Å²) in [6, 6.07) is 11.5. The van der Waals surface area contributed by atoms with Crippen LogP contribution in [0.3, 0.4) is 0 Å². The molecule has 4 rings (SSSR count). The molecule has 2 aromatic rings. The quantitative estimate of drug-likeness (QED) is 0.816. The largest absolute Gasteiger partial charge is 0.454 e. The van der Waals surface area contributed by atoms with E-state index in [1.807, 2.05) is 4.90 Å². The minimum Gasteiger partial charge on any atom is -0.454 e. The summed E-state index contributed by atoms with van der Waals surface area (Å²) in [5.41, 5.74) is 0.969. The fraction of sp³-hybridized carbons (Fsp3) is 0.263. The van der Waals surface area contributed by atoms with E-state index in [9.17, 15) is 14.0 Å². The van der Waals surface area contributed by atoms with Crippen LogP contribution < -0.4 is 19.7 Å². The van der Waals surface area contributed by atoms with Crippen molar-refractivity contribution in [1.82, 2.24) is 4.90 Å². The maximum absolute atomic E-state index is 13.9. The molecule has 1 fully saturated rings. The molecule has 0 bridgehead atoms. The molecule has 7 nitrogen and oxygen atoms in total. The predicted octanol–water partition coefficient (Wildman–Crippen LogP) is 1.84. The van der Waals surface area contributed by atoms with Crippen LogP contribution in [0.15, 0.2) is 42.5 Å². The first-order valence-corrected chi connectivity index (χ1v) is 8.61. The van der Waals surface area contributed by atoms with Crippen LogP contribution in [0.4, 0.5) is 15.8 Å². The van der Waals surface area contributed by atoms with Crippen LogP contribution in [-0.4, -0.2) is 49.7 Å². The van der Waals surface area contributed by atoms with Crippen LogP contribution in [0, 0.1) is 5.82 Å². The molecule has 2 aliphatic heterocycles. The number of halogens is 1. The monoisotopic (exact) mass is 371 g/mol. The minimum atomic E-state index is -0.715. The molecule has 2 heterocycles. The summed E-state index contributed by atoms with van der Waals surface area (Å²) in [7, 11) is 0. The maximum atomic E-state index is 13.9. The van der Waals surface area contributed by atoms with Crippen molar-refractivity contribution >= 4 is 23.2 Å². The van der Waals surface area contributed by atoms with Crippen molar-refractivity contribution < 1.29 is 23.5 Å².